The van der Waals surface area contributed by atoms with Crippen molar-refractivity contribution in [2.24, 2.45) is 0 Å². The van der Waals surface area contributed by atoms with Crippen LogP contribution in [0.15, 0.2) is 0 Å². The highest BCUT2D eigenvalue weighted by molar-refractivity contribution is 6.21. The first-order valence-corrected chi connectivity index (χ1v) is 2.52. The number of alkyl halides is 1. The van der Waals surface area contributed by atoms with Crippen LogP contribution in [0, 0.1) is 0 Å². The molecule has 0 N–H and O–H groups in total. The first kappa shape index (κ1) is 7.43. The van der Waals surface area contributed by atoms with Gasteiger partial charge in [-0.1, -0.05) is 0 Å². The Bertz CT molecular complexity index is 91.3. The first-order valence-electron chi connectivity index (χ1n) is 1.99. The summed E-state index contributed by atoms with van der Waals surface area (Å²) in [5.41, 5.74) is 0. The highest BCUT2D eigenvalue weighted by atomic mass is 35.5. The fourth-order valence-corrected chi connectivity index (χ4v) is 0.250. The molecule has 0 rings (SSSR count). The van der Waals surface area contributed by atoms with Crippen LogP contribution in [-0.4, -0.2) is 24.7 Å². The van der Waals surface area contributed by atoms with E-state index < -0.39 is 5.97 Å². The standard InChI is InChI=1S/C4H5ClO3/c5-1-2-8-4(7)3-6/h3H,1-2H2. The summed E-state index contributed by atoms with van der Waals surface area (Å²) in [5.74, 6) is -0.648. The molecular formula is C4H5ClO3. The Kier molecular flexibility index (Phi) is 4.26. The minimum atomic E-state index is -0.870. The number of halogens is 1. The third kappa shape index (κ3) is 3.61. The second kappa shape index (κ2) is 4.59. The van der Waals surface area contributed by atoms with Crippen LogP contribution in [-0.2, 0) is 14.3 Å². The minimum absolute atomic E-state index is 0.0964. The molecule has 0 aromatic carbocycles. The zero-order valence-electron chi connectivity index (χ0n) is 4.09. The molecule has 0 bridgehead atoms. The monoisotopic (exact) mass is 136 g/mol. The topological polar surface area (TPSA) is 43.4 Å². The highest BCUT2D eigenvalue weighted by Crippen LogP contribution is 1.76. The predicted octanol–water partition coefficient (Wildman–Crippen LogP) is -0.0327. The highest BCUT2D eigenvalue weighted by Gasteiger charge is 1.94. The van der Waals surface area contributed by atoms with Gasteiger partial charge < -0.3 is 4.74 Å². The molecule has 0 spiro atoms. The Morgan fingerprint density at radius 1 is 1.75 bits per heavy atom. The molecule has 0 radical (unpaired) electrons. The van der Waals surface area contributed by atoms with Crippen molar-refractivity contribution in [1.82, 2.24) is 0 Å². The van der Waals surface area contributed by atoms with E-state index in [2.05, 4.69) is 4.74 Å². The molecule has 0 unspecified atom stereocenters. The average Bonchev–Trinajstić information content (AvgIpc) is 1.83. The number of hydrogen-bond acceptors (Lipinski definition) is 3. The van der Waals surface area contributed by atoms with Crippen molar-refractivity contribution < 1.29 is 14.3 Å². The fourth-order valence-electron chi connectivity index (χ4n) is 0.173. The molecule has 3 nitrogen and oxygen atoms in total. The molecule has 0 aliphatic carbocycles. The van der Waals surface area contributed by atoms with Crippen LogP contribution < -0.4 is 0 Å². The second-order valence-corrected chi connectivity index (χ2v) is 1.35. The molecule has 0 aromatic rings. The summed E-state index contributed by atoms with van der Waals surface area (Å²) in [7, 11) is 0. The van der Waals surface area contributed by atoms with Gasteiger partial charge in [0.2, 0.25) is 6.29 Å². The van der Waals surface area contributed by atoms with E-state index >= 15 is 0 Å². The molecule has 0 heterocycles. The molecule has 0 saturated carbocycles. The van der Waals surface area contributed by atoms with E-state index in [1.54, 1.807) is 0 Å². The van der Waals surface area contributed by atoms with E-state index in [0.717, 1.165) is 0 Å². The lowest BCUT2D eigenvalue weighted by atomic mass is 10.7. The summed E-state index contributed by atoms with van der Waals surface area (Å²) < 4.78 is 4.20. The van der Waals surface area contributed by atoms with Crippen LogP contribution in [0.1, 0.15) is 0 Å². The number of carbonyl (C=O) groups excluding carboxylic acids is 2. The van der Waals surface area contributed by atoms with Gasteiger partial charge in [0.05, 0.1) is 5.88 Å². The molecule has 0 aliphatic rings. The van der Waals surface area contributed by atoms with Crippen LogP contribution in [0.3, 0.4) is 0 Å². The van der Waals surface area contributed by atoms with Gasteiger partial charge in [-0.2, -0.15) is 0 Å². The van der Waals surface area contributed by atoms with Gasteiger partial charge in [-0.15, -0.1) is 11.6 Å². The third-order valence-electron chi connectivity index (χ3n) is 0.418. The van der Waals surface area contributed by atoms with Gasteiger partial charge in [0, 0.05) is 0 Å². The van der Waals surface area contributed by atoms with Gasteiger partial charge in [0.1, 0.15) is 6.61 Å². The minimum Gasteiger partial charge on any atom is -0.459 e. The maximum absolute atomic E-state index is 9.92. The van der Waals surface area contributed by atoms with Gasteiger partial charge in [0.25, 0.3) is 0 Å². The summed E-state index contributed by atoms with van der Waals surface area (Å²) in [4.78, 5) is 19.4. The van der Waals surface area contributed by atoms with Gasteiger partial charge in [-0.3, -0.25) is 4.79 Å². The molecule has 46 valence electrons. The van der Waals surface area contributed by atoms with Gasteiger partial charge in [-0.05, 0) is 0 Å². The lowest BCUT2D eigenvalue weighted by Crippen LogP contribution is -2.06. The smallest absolute Gasteiger partial charge is 0.371 e. The molecule has 0 aliphatic heterocycles. The third-order valence-corrected chi connectivity index (χ3v) is 0.572. The van der Waals surface area contributed by atoms with Gasteiger partial charge in [0.15, 0.2) is 0 Å². The average molecular weight is 137 g/mol. The van der Waals surface area contributed by atoms with Crippen molar-refractivity contribution in [2.75, 3.05) is 12.5 Å². The Morgan fingerprint density at radius 3 is 2.75 bits per heavy atom. The van der Waals surface area contributed by atoms with E-state index in [4.69, 9.17) is 11.6 Å². The molecule has 0 amide bonds. The normalized spacial score (nSPS) is 8.12. The summed E-state index contributed by atoms with van der Waals surface area (Å²) in [5, 5.41) is 0. The molecule has 0 aromatic heterocycles. The number of esters is 1. The van der Waals surface area contributed by atoms with E-state index in [9.17, 15) is 9.59 Å². The van der Waals surface area contributed by atoms with E-state index in [1.165, 1.54) is 0 Å². The van der Waals surface area contributed by atoms with Crippen molar-refractivity contribution in [1.29, 1.82) is 0 Å². The fraction of sp³-hybridized carbons (Fsp3) is 0.500. The van der Waals surface area contributed by atoms with Crippen molar-refractivity contribution in [2.45, 2.75) is 0 Å². The van der Waals surface area contributed by atoms with E-state index in [0.29, 0.717) is 0 Å². The van der Waals surface area contributed by atoms with Crippen LogP contribution in [0.2, 0.25) is 0 Å². The molecule has 8 heavy (non-hydrogen) atoms. The molecule has 4 heteroatoms. The molecule has 0 atom stereocenters. The second-order valence-electron chi connectivity index (χ2n) is 0.974. The maximum atomic E-state index is 9.92. The van der Waals surface area contributed by atoms with Crippen molar-refractivity contribution in [3.8, 4) is 0 Å². The number of hydrogen-bond donors (Lipinski definition) is 0. The lowest BCUT2D eigenvalue weighted by molar-refractivity contribution is -0.148. The Hall–Kier alpha value is -0.570. The van der Waals surface area contributed by atoms with Crippen molar-refractivity contribution >= 4 is 23.9 Å². The predicted molar refractivity (Wildman–Crippen MR) is 27.7 cm³/mol. The lowest BCUT2D eigenvalue weighted by Gasteiger charge is -1.91. The van der Waals surface area contributed by atoms with Crippen molar-refractivity contribution in [3.05, 3.63) is 0 Å². The SMILES string of the molecule is O=CC(=O)OCCCl. The quantitative estimate of drug-likeness (QED) is 0.237. The van der Waals surface area contributed by atoms with Gasteiger partial charge >= 0.3 is 5.97 Å². The van der Waals surface area contributed by atoms with Crippen LogP contribution >= 0.6 is 11.6 Å². The van der Waals surface area contributed by atoms with E-state index in [-0.39, 0.29) is 18.8 Å². The molecule has 0 fully saturated rings. The first-order chi connectivity index (χ1) is 3.81. The largest absolute Gasteiger partial charge is 0.459 e. The zero-order valence-corrected chi connectivity index (χ0v) is 4.85. The van der Waals surface area contributed by atoms with E-state index in [1.807, 2.05) is 0 Å². The number of rotatable bonds is 3. The number of carbonyl (C=O) groups is 2. The summed E-state index contributed by atoms with van der Waals surface area (Å²) in [6, 6.07) is 0. The summed E-state index contributed by atoms with van der Waals surface area (Å²) in [6.45, 7) is 0.0964. The van der Waals surface area contributed by atoms with Crippen LogP contribution in [0.25, 0.3) is 0 Å². The number of aldehydes is 1. The molecular weight excluding hydrogens is 131 g/mol. The van der Waals surface area contributed by atoms with Crippen molar-refractivity contribution in [3.63, 3.8) is 0 Å². The summed E-state index contributed by atoms with van der Waals surface area (Å²) >= 11 is 5.11. The Morgan fingerprint density at radius 2 is 2.38 bits per heavy atom. The Labute approximate surface area is 51.6 Å². The number of ether oxygens (including phenoxy) is 1. The van der Waals surface area contributed by atoms with Gasteiger partial charge in [-0.25, -0.2) is 4.79 Å². The molecule has 0 saturated heterocycles. The van der Waals surface area contributed by atoms with Crippen LogP contribution in [0.4, 0.5) is 0 Å². The maximum Gasteiger partial charge on any atom is 0.371 e. The zero-order chi connectivity index (χ0) is 6.41. The summed E-state index contributed by atoms with van der Waals surface area (Å²) in [6.07, 6.45) is 0.104. The Balaban J connectivity index is 3.11. The van der Waals surface area contributed by atoms with Crippen LogP contribution in [0.5, 0.6) is 0 Å².